The van der Waals surface area contributed by atoms with Gasteiger partial charge in [-0.3, -0.25) is 24.0 Å². The van der Waals surface area contributed by atoms with Gasteiger partial charge in [0.25, 0.3) is 0 Å². The Bertz CT molecular complexity index is 970. The predicted octanol–water partition coefficient (Wildman–Crippen LogP) is -2.65. The molecule has 4 atom stereocenters. The van der Waals surface area contributed by atoms with E-state index in [0.717, 1.165) is 0 Å². The van der Waals surface area contributed by atoms with Crippen molar-refractivity contribution in [1.29, 1.82) is 0 Å². The van der Waals surface area contributed by atoms with Crippen LogP contribution in [-0.4, -0.2) is 76.2 Å². The summed E-state index contributed by atoms with van der Waals surface area (Å²) >= 11 is 0. The molecule has 0 saturated carbocycles. The molecule has 13 nitrogen and oxygen atoms in total. The molecule has 4 unspecified atom stereocenters. The standard InChI is InChI=1S/C22H30N6O7/c23-13(10-17(24)29)21(33)28-8-4-7-16(28)20(32)26-14(9-12-5-2-1-3-6-12)19(31)27-15(22(34)35)11-18(25)30/h1-3,5-6,13-16H,4,7-11,23H2,(H2,24,29)(H2,25,30)(H,26,32)(H,27,31)(H,34,35). The van der Waals surface area contributed by atoms with E-state index in [1.54, 1.807) is 30.3 Å². The van der Waals surface area contributed by atoms with Crippen LogP contribution in [0.4, 0.5) is 0 Å². The van der Waals surface area contributed by atoms with Crippen LogP contribution in [0.25, 0.3) is 0 Å². The number of carbonyl (C=O) groups is 6. The molecule has 1 fully saturated rings. The molecule has 1 aromatic carbocycles. The number of nitrogens with zero attached hydrogens (tertiary/aromatic N) is 1. The normalized spacial score (nSPS) is 17.6. The molecule has 0 bridgehead atoms. The lowest BCUT2D eigenvalue weighted by molar-refractivity contribution is -0.144. The van der Waals surface area contributed by atoms with Gasteiger partial charge in [-0.15, -0.1) is 0 Å². The maximum Gasteiger partial charge on any atom is 0.326 e. The molecule has 13 heteroatoms. The molecule has 1 saturated heterocycles. The first kappa shape index (κ1) is 27.2. The third-order valence-electron chi connectivity index (χ3n) is 5.51. The zero-order chi connectivity index (χ0) is 26.1. The summed E-state index contributed by atoms with van der Waals surface area (Å²) in [7, 11) is 0. The fourth-order valence-corrected chi connectivity index (χ4v) is 3.82. The molecule has 0 aliphatic carbocycles. The molecule has 9 N–H and O–H groups in total. The van der Waals surface area contributed by atoms with Gasteiger partial charge in [-0.25, -0.2) is 4.79 Å². The van der Waals surface area contributed by atoms with Crippen LogP contribution in [-0.2, 0) is 35.2 Å². The minimum atomic E-state index is -1.58. The van der Waals surface area contributed by atoms with Crippen LogP contribution < -0.4 is 27.8 Å². The van der Waals surface area contributed by atoms with Crippen molar-refractivity contribution < 1.29 is 33.9 Å². The van der Waals surface area contributed by atoms with E-state index in [9.17, 15) is 33.9 Å². The largest absolute Gasteiger partial charge is 0.480 e. The fourth-order valence-electron chi connectivity index (χ4n) is 3.82. The van der Waals surface area contributed by atoms with E-state index in [1.807, 2.05) is 0 Å². The van der Waals surface area contributed by atoms with Crippen molar-refractivity contribution in [1.82, 2.24) is 15.5 Å². The van der Waals surface area contributed by atoms with Gasteiger partial charge in [0.1, 0.15) is 18.1 Å². The molecule has 2 rings (SSSR count). The number of amides is 5. The summed E-state index contributed by atoms with van der Waals surface area (Å²) in [5.41, 5.74) is 16.6. The zero-order valence-corrected chi connectivity index (χ0v) is 19.0. The smallest absolute Gasteiger partial charge is 0.326 e. The van der Waals surface area contributed by atoms with E-state index in [4.69, 9.17) is 17.2 Å². The predicted molar refractivity (Wildman–Crippen MR) is 122 cm³/mol. The number of benzene rings is 1. The van der Waals surface area contributed by atoms with E-state index in [2.05, 4.69) is 10.6 Å². The monoisotopic (exact) mass is 490 g/mol. The summed E-state index contributed by atoms with van der Waals surface area (Å²) in [4.78, 5) is 73.7. The van der Waals surface area contributed by atoms with Crippen molar-refractivity contribution in [2.24, 2.45) is 17.2 Å². The second-order valence-electron chi connectivity index (χ2n) is 8.29. The first-order valence-corrected chi connectivity index (χ1v) is 11.0. The number of carboxylic acid groups (broad SMARTS) is 1. The molecule has 1 aromatic rings. The molecular weight excluding hydrogens is 460 g/mol. The van der Waals surface area contributed by atoms with E-state index in [-0.39, 0.29) is 19.4 Å². The molecule has 190 valence electrons. The highest BCUT2D eigenvalue weighted by Crippen LogP contribution is 2.19. The number of likely N-dealkylation sites (tertiary alicyclic amines) is 1. The lowest BCUT2D eigenvalue weighted by atomic mass is 10.0. The second-order valence-corrected chi connectivity index (χ2v) is 8.29. The Morgan fingerprint density at radius 1 is 0.971 bits per heavy atom. The first-order chi connectivity index (χ1) is 16.5. The summed E-state index contributed by atoms with van der Waals surface area (Å²) in [5, 5.41) is 14.1. The van der Waals surface area contributed by atoms with Gasteiger partial charge in [0.15, 0.2) is 0 Å². The van der Waals surface area contributed by atoms with Crippen molar-refractivity contribution >= 4 is 35.5 Å². The average molecular weight is 491 g/mol. The third-order valence-corrected chi connectivity index (χ3v) is 5.51. The van der Waals surface area contributed by atoms with Crippen LogP contribution >= 0.6 is 0 Å². The van der Waals surface area contributed by atoms with Crippen molar-refractivity contribution in [2.75, 3.05) is 6.54 Å². The number of hydrogen-bond acceptors (Lipinski definition) is 7. The topological polar surface area (TPSA) is 228 Å². The summed E-state index contributed by atoms with van der Waals surface area (Å²) in [6.45, 7) is 0.235. The summed E-state index contributed by atoms with van der Waals surface area (Å²) < 4.78 is 0. The van der Waals surface area contributed by atoms with Crippen LogP contribution in [0.5, 0.6) is 0 Å². The maximum absolute atomic E-state index is 13.1. The van der Waals surface area contributed by atoms with Crippen LogP contribution in [0.1, 0.15) is 31.2 Å². The zero-order valence-electron chi connectivity index (χ0n) is 19.0. The van der Waals surface area contributed by atoms with Crippen molar-refractivity contribution in [2.45, 2.75) is 56.3 Å². The highest BCUT2D eigenvalue weighted by Gasteiger charge is 2.38. The molecule has 0 spiro atoms. The minimum absolute atomic E-state index is 0.0170. The number of nitrogens with two attached hydrogens (primary N) is 3. The van der Waals surface area contributed by atoms with Crippen molar-refractivity contribution in [3.05, 3.63) is 35.9 Å². The molecular formula is C22H30N6O7. The van der Waals surface area contributed by atoms with Crippen molar-refractivity contribution in [3.8, 4) is 0 Å². The Kier molecular flexibility index (Phi) is 9.70. The molecule has 1 aliphatic rings. The Morgan fingerprint density at radius 2 is 1.60 bits per heavy atom. The summed E-state index contributed by atoms with van der Waals surface area (Å²) in [6.07, 6.45) is -0.180. The van der Waals surface area contributed by atoms with Crippen LogP contribution in [0.3, 0.4) is 0 Å². The lowest BCUT2D eigenvalue weighted by Gasteiger charge is -2.28. The Hall–Kier alpha value is -4.00. The Balaban J connectivity index is 2.20. The van der Waals surface area contributed by atoms with Gasteiger partial charge in [-0.2, -0.15) is 0 Å². The number of carbonyl (C=O) groups excluding carboxylic acids is 5. The van der Waals surface area contributed by atoms with Gasteiger partial charge in [-0.1, -0.05) is 30.3 Å². The molecule has 0 aromatic heterocycles. The Morgan fingerprint density at radius 3 is 2.17 bits per heavy atom. The third kappa shape index (κ3) is 8.07. The van der Waals surface area contributed by atoms with Gasteiger partial charge in [0, 0.05) is 13.0 Å². The van der Waals surface area contributed by atoms with E-state index in [0.29, 0.717) is 18.4 Å². The van der Waals surface area contributed by atoms with Gasteiger partial charge >= 0.3 is 5.97 Å². The average Bonchev–Trinajstić information content (AvgIpc) is 3.27. The summed E-state index contributed by atoms with van der Waals surface area (Å²) in [6, 6.07) is 3.75. The SMILES string of the molecule is NC(=O)CC(N)C(=O)N1CCCC1C(=O)NC(Cc1ccccc1)C(=O)NC(CC(N)=O)C(=O)O. The second kappa shape index (κ2) is 12.5. The number of primary amides is 2. The van der Waals surface area contributed by atoms with Gasteiger partial charge in [0.2, 0.25) is 29.5 Å². The van der Waals surface area contributed by atoms with E-state index in [1.165, 1.54) is 4.90 Å². The van der Waals surface area contributed by atoms with Crippen LogP contribution in [0.2, 0.25) is 0 Å². The quantitative estimate of drug-likeness (QED) is 0.181. The number of rotatable bonds is 12. The minimum Gasteiger partial charge on any atom is -0.480 e. The fraction of sp³-hybridized carbons (Fsp3) is 0.455. The Labute approximate surface area is 201 Å². The molecule has 35 heavy (non-hydrogen) atoms. The van der Waals surface area contributed by atoms with E-state index >= 15 is 0 Å². The summed E-state index contributed by atoms with van der Waals surface area (Å²) in [5.74, 6) is -5.23. The number of carboxylic acids is 1. The van der Waals surface area contributed by atoms with Crippen LogP contribution in [0, 0.1) is 0 Å². The number of hydrogen-bond donors (Lipinski definition) is 6. The van der Waals surface area contributed by atoms with Crippen molar-refractivity contribution in [3.63, 3.8) is 0 Å². The lowest BCUT2D eigenvalue weighted by Crippen LogP contribution is -2.57. The first-order valence-electron chi connectivity index (χ1n) is 11.0. The number of aliphatic carboxylic acids is 1. The van der Waals surface area contributed by atoms with Gasteiger partial charge in [0.05, 0.1) is 18.9 Å². The molecule has 1 heterocycles. The maximum atomic E-state index is 13.1. The molecule has 0 radical (unpaired) electrons. The van der Waals surface area contributed by atoms with Crippen LogP contribution in [0.15, 0.2) is 30.3 Å². The molecule has 1 aliphatic heterocycles. The highest BCUT2D eigenvalue weighted by molar-refractivity contribution is 5.96. The van der Waals surface area contributed by atoms with Gasteiger partial charge < -0.3 is 37.8 Å². The van der Waals surface area contributed by atoms with E-state index < -0.39 is 66.1 Å². The number of nitrogens with one attached hydrogen (secondary N) is 2. The highest BCUT2D eigenvalue weighted by atomic mass is 16.4. The van der Waals surface area contributed by atoms with Gasteiger partial charge in [-0.05, 0) is 18.4 Å². The molecule has 5 amide bonds.